The smallest absolute Gasteiger partial charge is 0.193 e. The van der Waals surface area contributed by atoms with E-state index >= 15 is 0 Å². The molecular weight excluding hydrogens is 304 g/mol. The average Bonchev–Trinajstić information content (AvgIpc) is 2.98. The van der Waals surface area contributed by atoms with Gasteiger partial charge in [-0.3, -0.25) is 5.10 Å². The number of benzene rings is 2. The van der Waals surface area contributed by atoms with Crippen LogP contribution in [0.4, 0.5) is 23.0 Å². The number of nitrogen functional groups attached to an aromatic ring is 1. The zero-order valence-electron chi connectivity index (χ0n) is 12.6. The van der Waals surface area contributed by atoms with Crippen LogP contribution in [0.2, 0.25) is 0 Å². The number of nitrogens with one attached hydrogen (secondary N) is 2. The number of phenols is 1. The molecule has 1 aromatic heterocycles. The minimum absolute atomic E-state index is 0.0129. The number of aliphatic imine (C=N–C) groups is 1. The van der Waals surface area contributed by atoms with Crippen molar-refractivity contribution < 1.29 is 5.11 Å². The van der Waals surface area contributed by atoms with Gasteiger partial charge in [-0.05, 0) is 35.9 Å². The Hall–Kier alpha value is -3.79. The Balaban J connectivity index is 1.85. The van der Waals surface area contributed by atoms with E-state index in [0.717, 1.165) is 5.69 Å². The van der Waals surface area contributed by atoms with Gasteiger partial charge in [0.2, 0.25) is 0 Å². The van der Waals surface area contributed by atoms with Crippen molar-refractivity contribution in [3.63, 3.8) is 0 Å². The number of nitriles is 1. The number of rotatable bonds is 4. The molecule has 0 fully saturated rings. The van der Waals surface area contributed by atoms with Gasteiger partial charge in [0.1, 0.15) is 23.2 Å². The van der Waals surface area contributed by atoms with E-state index in [4.69, 9.17) is 5.73 Å². The third-order valence-corrected chi connectivity index (χ3v) is 3.29. The first-order chi connectivity index (χ1) is 11.7. The summed E-state index contributed by atoms with van der Waals surface area (Å²) in [6.45, 7) is 0. The summed E-state index contributed by atoms with van der Waals surface area (Å²) >= 11 is 0. The van der Waals surface area contributed by atoms with Crippen LogP contribution in [0.1, 0.15) is 11.1 Å². The Morgan fingerprint density at radius 1 is 1.25 bits per heavy atom. The molecule has 2 aromatic carbocycles. The highest BCUT2D eigenvalue weighted by atomic mass is 16.3. The molecule has 7 heteroatoms. The standard InChI is InChI=1S/C17H14N6O/c18-9-13-16(20-10-11-6-7-15(24)14(19)8-11)22-23-17(13)21-12-4-2-1-3-5-12/h1-8,10,24H,19H2,(H2,21,22,23). The highest BCUT2D eigenvalue weighted by Crippen LogP contribution is 2.26. The second-order valence-corrected chi connectivity index (χ2v) is 4.98. The van der Waals surface area contributed by atoms with Crippen LogP contribution in [0, 0.1) is 11.3 Å². The van der Waals surface area contributed by atoms with E-state index in [1.165, 1.54) is 12.3 Å². The number of hydrogen-bond acceptors (Lipinski definition) is 6. The molecule has 0 saturated heterocycles. The molecule has 0 spiro atoms. The zero-order valence-corrected chi connectivity index (χ0v) is 12.6. The van der Waals surface area contributed by atoms with Gasteiger partial charge >= 0.3 is 0 Å². The molecule has 0 aliphatic rings. The van der Waals surface area contributed by atoms with E-state index in [0.29, 0.717) is 16.9 Å². The SMILES string of the molecule is N#Cc1c(N=Cc2ccc(O)c(N)c2)n[nH]c1Nc1ccccc1. The van der Waals surface area contributed by atoms with Crippen LogP contribution in [-0.4, -0.2) is 21.5 Å². The van der Waals surface area contributed by atoms with Crippen LogP contribution >= 0.6 is 0 Å². The first kappa shape index (κ1) is 15.1. The number of aromatic nitrogens is 2. The Bertz CT molecular complexity index is 924. The van der Waals surface area contributed by atoms with Crippen molar-refractivity contribution in [3.8, 4) is 11.8 Å². The normalized spacial score (nSPS) is 10.6. The second kappa shape index (κ2) is 6.54. The third kappa shape index (κ3) is 3.18. The maximum Gasteiger partial charge on any atom is 0.193 e. The zero-order chi connectivity index (χ0) is 16.9. The summed E-state index contributed by atoms with van der Waals surface area (Å²) in [6.07, 6.45) is 1.53. The number of hydrogen-bond donors (Lipinski definition) is 4. The fraction of sp³-hybridized carbons (Fsp3) is 0. The minimum Gasteiger partial charge on any atom is -0.506 e. The number of anilines is 3. The van der Waals surface area contributed by atoms with Gasteiger partial charge in [-0.25, -0.2) is 4.99 Å². The van der Waals surface area contributed by atoms with Gasteiger partial charge in [0.05, 0.1) is 5.69 Å². The monoisotopic (exact) mass is 318 g/mol. The summed E-state index contributed by atoms with van der Waals surface area (Å²) in [4.78, 5) is 4.21. The molecule has 0 unspecified atom stereocenters. The largest absolute Gasteiger partial charge is 0.506 e. The van der Waals surface area contributed by atoms with Gasteiger partial charge in [-0.1, -0.05) is 18.2 Å². The van der Waals surface area contributed by atoms with E-state index in [1.54, 1.807) is 12.1 Å². The summed E-state index contributed by atoms with van der Waals surface area (Å²) in [5, 5.41) is 28.7. The maximum absolute atomic E-state index is 9.42. The minimum atomic E-state index is 0.0129. The highest BCUT2D eigenvalue weighted by molar-refractivity contribution is 5.85. The molecule has 24 heavy (non-hydrogen) atoms. The van der Waals surface area contributed by atoms with Crippen LogP contribution in [0.3, 0.4) is 0 Å². The van der Waals surface area contributed by atoms with Crippen molar-refractivity contribution in [2.75, 3.05) is 11.1 Å². The lowest BCUT2D eigenvalue weighted by atomic mass is 10.2. The molecule has 0 saturated carbocycles. The number of nitrogens with two attached hydrogens (primary N) is 1. The van der Waals surface area contributed by atoms with Crippen molar-refractivity contribution in [1.29, 1.82) is 5.26 Å². The summed E-state index contributed by atoms with van der Waals surface area (Å²) in [6, 6.07) is 16.3. The van der Waals surface area contributed by atoms with Gasteiger partial charge in [-0.15, -0.1) is 0 Å². The van der Waals surface area contributed by atoms with E-state index in [2.05, 4.69) is 26.6 Å². The number of phenolic OH excluding ortho intramolecular Hbond substituents is 1. The van der Waals surface area contributed by atoms with Crippen molar-refractivity contribution in [3.05, 3.63) is 59.7 Å². The highest BCUT2D eigenvalue weighted by Gasteiger charge is 2.12. The van der Waals surface area contributed by atoms with Crippen LogP contribution in [0.15, 0.2) is 53.5 Å². The Labute approximate surface area is 138 Å². The fourth-order valence-electron chi connectivity index (χ4n) is 2.08. The molecule has 3 rings (SSSR count). The van der Waals surface area contributed by atoms with Gasteiger partial charge in [0.25, 0.3) is 0 Å². The summed E-state index contributed by atoms with van der Waals surface area (Å²) < 4.78 is 0. The molecule has 5 N–H and O–H groups in total. The molecule has 7 nitrogen and oxygen atoms in total. The number of aromatic amines is 1. The van der Waals surface area contributed by atoms with Crippen LogP contribution < -0.4 is 11.1 Å². The lowest BCUT2D eigenvalue weighted by molar-refractivity contribution is 0.478. The maximum atomic E-state index is 9.42. The lowest BCUT2D eigenvalue weighted by Crippen LogP contribution is -1.92. The van der Waals surface area contributed by atoms with E-state index in [1.807, 2.05) is 30.3 Å². The van der Waals surface area contributed by atoms with Gasteiger partial charge in [-0.2, -0.15) is 10.4 Å². The quantitative estimate of drug-likeness (QED) is 0.334. The molecular formula is C17H14N6O. The second-order valence-electron chi connectivity index (χ2n) is 4.98. The molecule has 0 atom stereocenters. The average molecular weight is 318 g/mol. The van der Waals surface area contributed by atoms with Crippen molar-refractivity contribution in [2.24, 2.45) is 4.99 Å². The fourth-order valence-corrected chi connectivity index (χ4v) is 2.08. The summed E-state index contributed by atoms with van der Waals surface area (Å²) in [5.41, 5.74) is 7.73. The van der Waals surface area contributed by atoms with Gasteiger partial charge < -0.3 is 16.2 Å². The molecule has 0 aliphatic carbocycles. The Kier molecular flexibility index (Phi) is 4.12. The summed E-state index contributed by atoms with van der Waals surface area (Å²) in [7, 11) is 0. The van der Waals surface area contributed by atoms with Crippen LogP contribution in [0.5, 0.6) is 5.75 Å². The number of aromatic hydroxyl groups is 1. The van der Waals surface area contributed by atoms with E-state index in [9.17, 15) is 10.4 Å². The molecule has 3 aromatic rings. The van der Waals surface area contributed by atoms with Crippen molar-refractivity contribution >= 4 is 29.2 Å². The molecule has 1 heterocycles. The first-order valence-corrected chi connectivity index (χ1v) is 7.10. The molecule has 118 valence electrons. The van der Waals surface area contributed by atoms with Crippen molar-refractivity contribution in [1.82, 2.24) is 10.2 Å². The van der Waals surface area contributed by atoms with Crippen LogP contribution in [-0.2, 0) is 0 Å². The molecule has 0 radical (unpaired) electrons. The third-order valence-electron chi connectivity index (χ3n) is 3.29. The summed E-state index contributed by atoms with van der Waals surface area (Å²) in [5.74, 6) is 0.752. The Morgan fingerprint density at radius 3 is 2.75 bits per heavy atom. The Morgan fingerprint density at radius 2 is 2.04 bits per heavy atom. The number of para-hydroxylation sites is 1. The first-order valence-electron chi connectivity index (χ1n) is 7.10. The molecule has 0 amide bonds. The van der Waals surface area contributed by atoms with Gasteiger partial charge in [0.15, 0.2) is 5.82 Å². The van der Waals surface area contributed by atoms with Gasteiger partial charge in [0, 0.05) is 11.9 Å². The topological polar surface area (TPSA) is 123 Å². The predicted octanol–water partition coefficient (Wildman–Crippen LogP) is 3.06. The van der Waals surface area contributed by atoms with Crippen LogP contribution in [0.25, 0.3) is 0 Å². The molecule has 0 aliphatic heterocycles. The predicted molar refractivity (Wildman–Crippen MR) is 92.8 cm³/mol. The number of H-pyrrole nitrogens is 1. The number of nitrogens with zero attached hydrogens (tertiary/aromatic N) is 3. The molecule has 0 bridgehead atoms. The van der Waals surface area contributed by atoms with E-state index in [-0.39, 0.29) is 17.3 Å². The van der Waals surface area contributed by atoms with E-state index < -0.39 is 0 Å². The lowest BCUT2D eigenvalue weighted by Gasteiger charge is -2.02. The van der Waals surface area contributed by atoms with Crippen molar-refractivity contribution in [2.45, 2.75) is 0 Å².